The van der Waals surface area contributed by atoms with Crippen LogP contribution in [0.3, 0.4) is 0 Å². The molecule has 0 aliphatic carbocycles. The Morgan fingerprint density at radius 2 is 1.46 bits per heavy atom. The topological polar surface area (TPSA) is 93.1 Å². The molecule has 0 saturated carbocycles. The average molecular weight is 635 g/mol. The Kier molecular flexibility index (Phi) is 10.3. The van der Waals surface area contributed by atoms with E-state index in [1.807, 2.05) is 42.5 Å². The summed E-state index contributed by atoms with van der Waals surface area (Å²) in [5.74, 6) is 1.19. The van der Waals surface area contributed by atoms with Crippen LogP contribution in [0.15, 0.2) is 71.2 Å². The van der Waals surface area contributed by atoms with Gasteiger partial charge in [0.05, 0.1) is 18.5 Å². The minimum Gasteiger partial charge on any atom is -0.320 e. The summed E-state index contributed by atoms with van der Waals surface area (Å²) in [6, 6.07) is 19.1. The van der Waals surface area contributed by atoms with Gasteiger partial charge in [-0.05, 0) is 54.3 Å². The van der Waals surface area contributed by atoms with E-state index < -0.39 is 26.4 Å². The number of thioether (sulfide) groups is 1. The molecule has 37 heavy (non-hydrogen) atoms. The number of alkyl halides is 2. The third-order valence-electron chi connectivity index (χ3n) is 5.31. The normalized spacial score (nSPS) is 12.6. The van der Waals surface area contributed by atoms with E-state index in [1.54, 1.807) is 31.7 Å². The first kappa shape index (κ1) is 30.2. The number of rotatable bonds is 12. The lowest BCUT2D eigenvalue weighted by Gasteiger charge is -2.19. The van der Waals surface area contributed by atoms with Crippen LogP contribution >= 0.6 is 42.9 Å². The van der Waals surface area contributed by atoms with Gasteiger partial charge in [0.25, 0.3) is 0 Å². The molecule has 0 atom stereocenters. The summed E-state index contributed by atoms with van der Waals surface area (Å²) >= 11 is 4.58. The number of hydrogen-bond acceptors (Lipinski definition) is 5. The maximum absolute atomic E-state index is 14.0. The Hall–Kier alpha value is -1.35. The van der Waals surface area contributed by atoms with Crippen molar-refractivity contribution >= 4 is 48.2 Å². The van der Waals surface area contributed by atoms with Crippen molar-refractivity contribution in [2.24, 2.45) is 0 Å². The molecule has 12 heteroatoms. The van der Waals surface area contributed by atoms with E-state index >= 15 is 0 Å². The second-order valence-corrected chi connectivity index (χ2v) is 13.5. The minimum absolute atomic E-state index is 0.0521. The van der Waals surface area contributed by atoms with Crippen molar-refractivity contribution in [1.29, 1.82) is 0 Å². The van der Waals surface area contributed by atoms with Crippen LogP contribution < -0.4 is 5.30 Å². The molecule has 0 bridgehead atoms. The summed E-state index contributed by atoms with van der Waals surface area (Å²) in [5, 5.41) is 0.504. The largest absolute Gasteiger partial charge is 0.399 e. The van der Waals surface area contributed by atoms with Gasteiger partial charge >= 0.3 is 20.9 Å². The molecule has 6 nitrogen and oxygen atoms in total. The van der Waals surface area contributed by atoms with E-state index in [2.05, 4.69) is 15.9 Å². The summed E-state index contributed by atoms with van der Waals surface area (Å²) in [5.41, 5.74) is -1.38. The van der Waals surface area contributed by atoms with E-state index in [1.165, 1.54) is 12.1 Å². The monoisotopic (exact) mass is 634 g/mol. The van der Waals surface area contributed by atoms with Gasteiger partial charge in [0, 0.05) is 21.5 Å². The maximum Gasteiger partial charge on any atom is 0.399 e. The first-order valence-electron chi connectivity index (χ1n) is 11.3. The highest BCUT2D eigenvalue weighted by Gasteiger charge is 2.51. The molecule has 3 aromatic carbocycles. The van der Waals surface area contributed by atoms with Crippen molar-refractivity contribution in [3.63, 3.8) is 0 Å². The Morgan fingerprint density at radius 1 is 0.865 bits per heavy atom. The zero-order valence-corrected chi connectivity index (χ0v) is 24.3. The predicted octanol–water partition coefficient (Wildman–Crippen LogP) is 7.67. The van der Waals surface area contributed by atoms with Crippen molar-refractivity contribution in [2.75, 3.05) is 13.2 Å². The van der Waals surface area contributed by atoms with E-state index in [0.29, 0.717) is 16.8 Å². The molecule has 0 fully saturated rings. The summed E-state index contributed by atoms with van der Waals surface area (Å²) in [6.07, 6.45) is 0. The Labute approximate surface area is 227 Å². The molecule has 0 radical (unpaired) electrons. The Balaban J connectivity index is 1.65. The molecule has 0 saturated heterocycles. The predicted molar refractivity (Wildman–Crippen MR) is 147 cm³/mol. The minimum atomic E-state index is -5.63. The molecular weight excluding hydrogens is 608 g/mol. The van der Waals surface area contributed by atoms with E-state index in [-0.39, 0.29) is 17.7 Å². The van der Waals surface area contributed by atoms with Gasteiger partial charge in [-0.3, -0.25) is 9.13 Å². The summed E-state index contributed by atoms with van der Waals surface area (Å²) < 4.78 is 63.1. The fraction of sp³-hybridized carbons (Fsp3) is 0.280. The van der Waals surface area contributed by atoms with Gasteiger partial charge in [-0.1, -0.05) is 64.5 Å². The van der Waals surface area contributed by atoms with Crippen LogP contribution in [0.25, 0.3) is 11.1 Å². The fourth-order valence-corrected chi connectivity index (χ4v) is 7.41. The summed E-state index contributed by atoms with van der Waals surface area (Å²) in [6.45, 7) is 4.08. The third kappa shape index (κ3) is 7.40. The van der Waals surface area contributed by atoms with Crippen molar-refractivity contribution in [1.82, 2.24) is 0 Å². The van der Waals surface area contributed by atoms with Gasteiger partial charge in [-0.2, -0.15) is 20.5 Å². The summed E-state index contributed by atoms with van der Waals surface area (Å²) in [4.78, 5) is 17.9. The van der Waals surface area contributed by atoms with Crippen molar-refractivity contribution < 1.29 is 36.7 Å². The first-order chi connectivity index (χ1) is 17.4. The Morgan fingerprint density at radius 3 is 2.03 bits per heavy atom. The maximum atomic E-state index is 14.0. The lowest BCUT2D eigenvalue weighted by molar-refractivity contribution is 0.0557. The van der Waals surface area contributed by atoms with Crippen LogP contribution in [0.5, 0.6) is 0 Å². The smallest absolute Gasteiger partial charge is 0.320 e. The molecule has 3 rings (SSSR count). The highest BCUT2D eigenvalue weighted by atomic mass is 79.9. The zero-order chi connectivity index (χ0) is 27.3. The van der Waals surface area contributed by atoms with Gasteiger partial charge in [0.15, 0.2) is 0 Å². The van der Waals surface area contributed by atoms with Crippen LogP contribution in [0.4, 0.5) is 8.78 Å². The molecular formula is C25H27BrF2O6P2S. The van der Waals surface area contributed by atoms with Crippen LogP contribution in [0.2, 0.25) is 0 Å². The standard InChI is InChI=1S/C25H27BrF2O6P2S/c1-3-33-35(29,34-4-2)22-7-5-6-21(15-22)20-11-8-18(9-12-20)16-37-17-19-10-13-23(24(26)14-19)25(27,28)36(30,31)32/h5-15H,3-4,16-17H2,1-2H3,(H2,30,31,32). The molecule has 0 spiro atoms. The van der Waals surface area contributed by atoms with Crippen LogP contribution in [0, 0.1) is 0 Å². The molecule has 0 amide bonds. The molecule has 200 valence electrons. The highest BCUT2D eigenvalue weighted by Crippen LogP contribution is 2.60. The lowest BCUT2D eigenvalue weighted by atomic mass is 10.0. The van der Waals surface area contributed by atoms with Gasteiger partial charge in [-0.25, -0.2) is 0 Å². The Bertz CT molecular complexity index is 1310. The molecule has 0 aromatic heterocycles. The van der Waals surface area contributed by atoms with E-state index in [0.717, 1.165) is 28.3 Å². The molecule has 0 heterocycles. The number of halogens is 3. The SMILES string of the molecule is CCOP(=O)(OCC)c1cccc(-c2ccc(CSCc3ccc(C(F)(F)P(=O)(O)O)c(Br)c3)cc2)c1. The van der Waals surface area contributed by atoms with Crippen molar-refractivity contribution in [3.05, 3.63) is 87.9 Å². The highest BCUT2D eigenvalue weighted by molar-refractivity contribution is 9.10. The zero-order valence-electron chi connectivity index (χ0n) is 20.1. The van der Waals surface area contributed by atoms with Crippen molar-refractivity contribution in [3.8, 4) is 11.1 Å². The fourth-order valence-electron chi connectivity index (χ4n) is 3.51. The quantitative estimate of drug-likeness (QED) is 0.198. The van der Waals surface area contributed by atoms with Gasteiger partial charge < -0.3 is 18.8 Å². The summed E-state index contributed by atoms with van der Waals surface area (Å²) in [7, 11) is -9.02. The van der Waals surface area contributed by atoms with E-state index in [9.17, 15) is 17.9 Å². The van der Waals surface area contributed by atoms with Gasteiger partial charge in [-0.15, -0.1) is 0 Å². The first-order valence-corrected chi connectivity index (χ1v) is 16.4. The van der Waals surface area contributed by atoms with Crippen LogP contribution in [-0.4, -0.2) is 23.0 Å². The molecule has 2 N–H and O–H groups in total. The van der Waals surface area contributed by atoms with Crippen LogP contribution in [-0.2, 0) is 35.3 Å². The lowest BCUT2D eigenvalue weighted by Crippen LogP contribution is -2.14. The average Bonchev–Trinajstić information content (AvgIpc) is 2.84. The molecule has 3 aromatic rings. The molecule has 0 unspecified atom stereocenters. The van der Waals surface area contributed by atoms with E-state index in [4.69, 9.17) is 18.8 Å². The molecule has 0 aliphatic heterocycles. The second kappa shape index (κ2) is 12.7. The number of hydrogen-bond donors (Lipinski definition) is 2. The third-order valence-corrected chi connectivity index (χ3v) is 10.1. The van der Waals surface area contributed by atoms with Gasteiger partial charge in [0.2, 0.25) is 0 Å². The van der Waals surface area contributed by atoms with Crippen LogP contribution in [0.1, 0.15) is 30.5 Å². The number of benzene rings is 3. The molecule has 0 aliphatic rings. The second-order valence-electron chi connectivity index (χ2n) is 7.97. The van der Waals surface area contributed by atoms with Gasteiger partial charge in [0.1, 0.15) is 0 Å². The van der Waals surface area contributed by atoms with Crippen molar-refractivity contribution in [2.45, 2.75) is 31.0 Å².